The van der Waals surface area contributed by atoms with Gasteiger partial charge in [0.1, 0.15) is 11.9 Å². The number of aromatic nitrogens is 2. The molecule has 0 spiro atoms. The van der Waals surface area contributed by atoms with Crippen molar-refractivity contribution in [1.82, 2.24) is 14.5 Å². The van der Waals surface area contributed by atoms with Crippen LogP contribution in [-0.2, 0) is 10.0 Å². The Morgan fingerprint density at radius 3 is 2.72 bits per heavy atom. The first-order valence-corrected chi connectivity index (χ1v) is 9.75. The Morgan fingerprint density at radius 1 is 1.12 bits per heavy atom. The molecule has 1 unspecified atom stereocenters. The third-order valence-corrected chi connectivity index (χ3v) is 5.97. The van der Waals surface area contributed by atoms with Crippen molar-refractivity contribution in [3.8, 4) is 5.75 Å². The van der Waals surface area contributed by atoms with Crippen LogP contribution in [0.3, 0.4) is 0 Å². The summed E-state index contributed by atoms with van der Waals surface area (Å²) in [5, 5.41) is 8.14. The maximum Gasteiger partial charge on any atom is 0.283 e. The van der Waals surface area contributed by atoms with Gasteiger partial charge in [-0.05, 0) is 43.7 Å². The predicted octanol–water partition coefficient (Wildman–Crippen LogP) is 2.40. The number of piperidine rings is 1. The molecule has 0 amide bonds. The molecule has 1 aliphatic heterocycles. The number of nitrogens with zero attached hydrogens (tertiary/aromatic N) is 2. The van der Waals surface area contributed by atoms with Gasteiger partial charge in [0.2, 0.25) is 0 Å². The van der Waals surface area contributed by atoms with Crippen molar-refractivity contribution in [3.63, 3.8) is 0 Å². The summed E-state index contributed by atoms with van der Waals surface area (Å²) in [4.78, 5) is 0.211. The normalized spacial score (nSPS) is 18.3. The molecule has 130 valence electrons. The second-order valence-electron chi connectivity index (χ2n) is 6.08. The summed E-state index contributed by atoms with van der Waals surface area (Å²) in [6.45, 7) is 1.81. The van der Waals surface area contributed by atoms with Crippen LogP contribution in [0.4, 0.5) is 0 Å². The van der Waals surface area contributed by atoms with Crippen molar-refractivity contribution in [2.45, 2.75) is 23.8 Å². The highest BCUT2D eigenvalue weighted by molar-refractivity contribution is 7.90. The van der Waals surface area contributed by atoms with Crippen LogP contribution in [0.2, 0.25) is 0 Å². The van der Waals surface area contributed by atoms with Gasteiger partial charge in [-0.15, -0.1) is 0 Å². The molecule has 1 fully saturated rings. The molecule has 6 nitrogen and oxygen atoms in total. The van der Waals surface area contributed by atoms with E-state index in [9.17, 15) is 8.42 Å². The molecule has 1 aromatic heterocycles. The summed E-state index contributed by atoms with van der Waals surface area (Å²) in [6, 6.07) is 13.7. The molecule has 1 atom stereocenters. The van der Waals surface area contributed by atoms with Gasteiger partial charge in [0, 0.05) is 6.54 Å². The summed E-state index contributed by atoms with van der Waals surface area (Å²) < 4.78 is 32.9. The fourth-order valence-electron chi connectivity index (χ4n) is 3.09. The van der Waals surface area contributed by atoms with Crippen molar-refractivity contribution < 1.29 is 13.2 Å². The summed E-state index contributed by atoms with van der Waals surface area (Å²) in [5.41, 5.74) is 0.519. The summed E-state index contributed by atoms with van der Waals surface area (Å²) in [5.74, 6) is 0.667. The Hall–Kier alpha value is -2.38. The Kier molecular flexibility index (Phi) is 4.19. The van der Waals surface area contributed by atoms with E-state index in [1.54, 1.807) is 48.7 Å². The molecule has 2 aromatic carbocycles. The van der Waals surface area contributed by atoms with Gasteiger partial charge in [-0.2, -0.15) is 17.6 Å². The quantitative estimate of drug-likeness (QED) is 0.776. The van der Waals surface area contributed by atoms with Crippen LogP contribution in [-0.4, -0.2) is 36.8 Å². The predicted molar refractivity (Wildman–Crippen MR) is 95.3 cm³/mol. The van der Waals surface area contributed by atoms with Crippen molar-refractivity contribution in [2.24, 2.45) is 0 Å². The Morgan fingerprint density at radius 2 is 1.96 bits per heavy atom. The molecule has 1 saturated heterocycles. The number of rotatable bonds is 4. The average Bonchev–Trinajstić information content (AvgIpc) is 3.09. The molecular weight excluding hydrogens is 338 g/mol. The van der Waals surface area contributed by atoms with Crippen LogP contribution < -0.4 is 10.1 Å². The summed E-state index contributed by atoms with van der Waals surface area (Å²) in [6.07, 6.45) is 3.71. The molecule has 1 N–H and O–H groups in total. The molecule has 0 aliphatic carbocycles. The van der Waals surface area contributed by atoms with Crippen molar-refractivity contribution in [3.05, 3.63) is 54.7 Å². The smallest absolute Gasteiger partial charge is 0.283 e. The number of hydrogen-bond donors (Lipinski definition) is 1. The maximum absolute atomic E-state index is 12.9. The Labute approximate surface area is 146 Å². The fraction of sp³-hybridized carbons (Fsp3) is 0.278. The molecule has 1 aliphatic rings. The number of benzene rings is 2. The molecular formula is C18H19N3O3S. The molecule has 3 aromatic rings. The fourth-order valence-corrected chi connectivity index (χ4v) is 4.38. The summed E-state index contributed by atoms with van der Waals surface area (Å²) in [7, 11) is -3.73. The third kappa shape index (κ3) is 3.01. The number of hydrogen-bond acceptors (Lipinski definition) is 5. The highest BCUT2D eigenvalue weighted by atomic mass is 32.2. The van der Waals surface area contributed by atoms with E-state index in [0.29, 0.717) is 16.7 Å². The first-order chi connectivity index (χ1) is 12.2. The van der Waals surface area contributed by atoms with Gasteiger partial charge in [-0.1, -0.05) is 24.3 Å². The highest BCUT2D eigenvalue weighted by Crippen LogP contribution is 2.29. The third-order valence-electron chi connectivity index (χ3n) is 4.35. The lowest BCUT2D eigenvalue weighted by Crippen LogP contribution is -2.37. The number of fused-ring (bicyclic) bond motifs is 1. The summed E-state index contributed by atoms with van der Waals surface area (Å²) >= 11 is 0. The van der Waals surface area contributed by atoms with E-state index in [1.807, 2.05) is 6.07 Å². The van der Waals surface area contributed by atoms with Gasteiger partial charge in [0.15, 0.2) is 0 Å². The van der Waals surface area contributed by atoms with Crippen LogP contribution >= 0.6 is 0 Å². The van der Waals surface area contributed by atoms with Gasteiger partial charge in [0.05, 0.1) is 22.0 Å². The van der Waals surface area contributed by atoms with Crippen molar-refractivity contribution in [1.29, 1.82) is 0 Å². The zero-order valence-electron chi connectivity index (χ0n) is 13.6. The molecule has 4 rings (SSSR count). The molecule has 2 heterocycles. The van der Waals surface area contributed by atoms with Crippen molar-refractivity contribution in [2.75, 3.05) is 13.1 Å². The van der Waals surface area contributed by atoms with E-state index < -0.39 is 10.0 Å². The maximum atomic E-state index is 12.9. The minimum absolute atomic E-state index is 0.0911. The average molecular weight is 357 g/mol. The van der Waals surface area contributed by atoms with Gasteiger partial charge >= 0.3 is 0 Å². The van der Waals surface area contributed by atoms with Crippen LogP contribution in [0.1, 0.15) is 12.8 Å². The standard InChI is InChI=1S/C18H19N3O3S/c22-25(23,15-7-2-1-3-8-15)21-17-9-4-10-18(16(17)13-20-21)24-14-6-5-11-19-12-14/h1-4,7-10,13-14,19H,5-6,11-12H2. The van der Waals surface area contributed by atoms with Gasteiger partial charge in [-0.25, -0.2) is 0 Å². The SMILES string of the molecule is O=S(=O)(c1ccccc1)n1ncc2c(OC3CCCNC3)cccc21. The van der Waals surface area contributed by atoms with Crippen LogP contribution in [0.5, 0.6) is 5.75 Å². The topological polar surface area (TPSA) is 73.2 Å². The van der Waals surface area contributed by atoms with E-state index in [0.717, 1.165) is 30.0 Å². The zero-order chi connectivity index (χ0) is 17.3. The first-order valence-electron chi connectivity index (χ1n) is 8.31. The first kappa shape index (κ1) is 16.1. The second-order valence-corrected chi connectivity index (χ2v) is 7.85. The Bertz CT molecular complexity index is 977. The van der Waals surface area contributed by atoms with Crippen molar-refractivity contribution >= 4 is 20.9 Å². The van der Waals surface area contributed by atoms with Crippen LogP contribution in [0.15, 0.2) is 59.6 Å². The minimum atomic E-state index is -3.73. The molecule has 7 heteroatoms. The number of nitrogens with one attached hydrogen (secondary N) is 1. The highest BCUT2D eigenvalue weighted by Gasteiger charge is 2.22. The molecule has 0 radical (unpaired) electrons. The monoisotopic (exact) mass is 357 g/mol. The van der Waals surface area contributed by atoms with Crippen LogP contribution in [0.25, 0.3) is 10.9 Å². The number of ether oxygens (including phenoxy) is 1. The lowest BCUT2D eigenvalue weighted by molar-refractivity contribution is 0.169. The van der Waals surface area contributed by atoms with E-state index >= 15 is 0 Å². The minimum Gasteiger partial charge on any atom is -0.488 e. The van der Waals surface area contributed by atoms with E-state index in [-0.39, 0.29) is 11.0 Å². The molecule has 0 saturated carbocycles. The molecule has 25 heavy (non-hydrogen) atoms. The molecule has 0 bridgehead atoms. The van der Waals surface area contributed by atoms with E-state index in [4.69, 9.17) is 4.74 Å². The van der Waals surface area contributed by atoms with Gasteiger partial charge < -0.3 is 10.1 Å². The van der Waals surface area contributed by atoms with E-state index in [2.05, 4.69) is 10.4 Å². The van der Waals surface area contributed by atoms with Gasteiger partial charge in [-0.3, -0.25) is 0 Å². The lowest BCUT2D eigenvalue weighted by Gasteiger charge is -2.24. The van der Waals surface area contributed by atoms with Gasteiger partial charge in [0.25, 0.3) is 10.0 Å². The van der Waals surface area contributed by atoms with Crippen LogP contribution in [0, 0.1) is 0 Å². The Balaban J connectivity index is 1.74. The zero-order valence-corrected chi connectivity index (χ0v) is 14.4. The largest absolute Gasteiger partial charge is 0.488 e. The second kappa shape index (κ2) is 6.50. The van der Waals surface area contributed by atoms with E-state index in [1.165, 1.54) is 0 Å². The lowest BCUT2D eigenvalue weighted by atomic mass is 10.1.